The summed E-state index contributed by atoms with van der Waals surface area (Å²) in [5.74, 6) is 1.42. The fraction of sp³-hybridized carbons (Fsp3) is 0.224. The zero-order valence-corrected chi connectivity index (χ0v) is 30.5. The fourth-order valence-corrected chi connectivity index (χ4v) is 9.02. The molecule has 4 nitrogen and oxygen atoms in total. The van der Waals surface area contributed by atoms with Crippen LogP contribution in [-0.2, 0) is 20.3 Å². The van der Waals surface area contributed by atoms with Crippen LogP contribution >= 0.6 is 0 Å². The van der Waals surface area contributed by atoms with Gasteiger partial charge < -0.3 is 9.47 Å². The van der Waals surface area contributed by atoms with Gasteiger partial charge in [-0.25, -0.2) is 9.98 Å². The normalized spacial score (nSPS) is 17.4. The van der Waals surface area contributed by atoms with Crippen molar-refractivity contribution < 1.29 is 9.47 Å². The van der Waals surface area contributed by atoms with Gasteiger partial charge in [0.1, 0.15) is 30.7 Å². The maximum Gasteiger partial charge on any atom is 0.199 e. The van der Waals surface area contributed by atoms with Crippen LogP contribution in [0.5, 0.6) is 0 Å². The molecule has 264 valence electrons. The number of hydrogen-bond acceptors (Lipinski definition) is 4. The standard InChI is InChI=1S/C49H46N2O2/c1-3-47(4-2,45-50-43(35-52-45)48(37-23-11-5-12-24-37,38-25-13-6-14-26-38)39-27-15-7-16-28-39)46-51-44(36-53-46)49(40-29-17-8-18-30-40,41-31-19-9-20-32-41)42-33-21-10-22-34-42/h5-34,43-44H,3-4,35-36H2,1-2H3/t43-,44-/m1/s1. The average molecular weight is 695 g/mol. The third kappa shape index (κ3) is 5.68. The molecular formula is C49H46N2O2. The Morgan fingerprint density at radius 1 is 0.396 bits per heavy atom. The van der Waals surface area contributed by atoms with Gasteiger partial charge in [-0.1, -0.05) is 196 Å². The van der Waals surface area contributed by atoms with Gasteiger partial charge in [-0.15, -0.1) is 0 Å². The number of ether oxygens (including phenoxy) is 2. The molecule has 6 aromatic rings. The molecule has 2 aliphatic rings. The molecule has 2 heterocycles. The summed E-state index contributed by atoms with van der Waals surface area (Å²) in [4.78, 5) is 11.3. The SMILES string of the molecule is CCC(CC)(C1=N[C@@H](C(c2ccccc2)(c2ccccc2)c2ccccc2)CO1)C1=N[C@@H](C(c2ccccc2)(c2ccccc2)c2ccccc2)CO1. The average Bonchev–Trinajstić information content (AvgIpc) is 3.95. The highest BCUT2D eigenvalue weighted by Gasteiger charge is 2.54. The summed E-state index contributed by atoms with van der Waals surface area (Å²) in [5, 5.41) is 0. The van der Waals surface area contributed by atoms with Gasteiger partial charge in [-0.05, 0) is 46.2 Å². The predicted octanol–water partition coefficient (Wildman–Crippen LogP) is 10.5. The van der Waals surface area contributed by atoms with Gasteiger partial charge in [-0.3, -0.25) is 0 Å². The lowest BCUT2D eigenvalue weighted by molar-refractivity contribution is 0.232. The summed E-state index contributed by atoms with van der Waals surface area (Å²) in [6.07, 6.45) is 1.48. The second kappa shape index (κ2) is 14.7. The molecular weight excluding hydrogens is 649 g/mol. The molecule has 0 saturated carbocycles. The molecule has 0 aromatic heterocycles. The minimum absolute atomic E-state index is 0.225. The Balaban J connectivity index is 1.29. The van der Waals surface area contributed by atoms with E-state index < -0.39 is 16.2 Å². The van der Waals surface area contributed by atoms with Crippen LogP contribution in [-0.4, -0.2) is 37.1 Å². The molecule has 4 heteroatoms. The zero-order chi connectivity index (χ0) is 36.1. The van der Waals surface area contributed by atoms with Crippen molar-refractivity contribution in [3.05, 3.63) is 215 Å². The van der Waals surface area contributed by atoms with Crippen molar-refractivity contribution in [2.24, 2.45) is 15.4 Å². The Morgan fingerprint density at radius 2 is 0.623 bits per heavy atom. The molecule has 2 aliphatic heterocycles. The molecule has 0 N–H and O–H groups in total. The van der Waals surface area contributed by atoms with E-state index in [-0.39, 0.29) is 12.1 Å². The van der Waals surface area contributed by atoms with Crippen molar-refractivity contribution >= 4 is 11.8 Å². The van der Waals surface area contributed by atoms with Crippen molar-refractivity contribution in [2.45, 2.75) is 49.6 Å². The fourth-order valence-electron chi connectivity index (χ4n) is 9.02. The Hall–Kier alpha value is -5.74. The highest BCUT2D eigenvalue weighted by molar-refractivity contribution is 6.06. The summed E-state index contributed by atoms with van der Waals surface area (Å²) in [5.41, 5.74) is 5.31. The quantitative estimate of drug-likeness (QED) is 0.120. The Bertz CT molecular complexity index is 1800. The lowest BCUT2D eigenvalue weighted by Gasteiger charge is -2.39. The van der Waals surface area contributed by atoms with Crippen LogP contribution in [0.2, 0.25) is 0 Å². The summed E-state index contributed by atoms with van der Waals surface area (Å²) in [7, 11) is 0. The summed E-state index contributed by atoms with van der Waals surface area (Å²) < 4.78 is 13.7. The molecule has 0 radical (unpaired) electrons. The molecule has 0 saturated heterocycles. The molecule has 8 rings (SSSR count). The Labute approximate surface area is 313 Å². The Kier molecular flexibility index (Phi) is 9.53. The lowest BCUT2D eigenvalue weighted by Crippen LogP contribution is -2.42. The first-order chi connectivity index (χ1) is 26.2. The topological polar surface area (TPSA) is 43.2 Å². The molecule has 2 atom stereocenters. The van der Waals surface area contributed by atoms with E-state index in [0.29, 0.717) is 25.0 Å². The summed E-state index contributed by atoms with van der Waals surface area (Å²) in [6, 6.07) is 64.2. The van der Waals surface area contributed by atoms with Gasteiger partial charge in [-0.2, -0.15) is 0 Å². The van der Waals surface area contributed by atoms with Crippen molar-refractivity contribution in [3.8, 4) is 0 Å². The molecule has 0 unspecified atom stereocenters. The van der Waals surface area contributed by atoms with E-state index >= 15 is 0 Å². The first kappa shape index (κ1) is 34.4. The summed E-state index contributed by atoms with van der Waals surface area (Å²) in [6.45, 7) is 5.29. The molecule has 0 fully saturated rings. The van der Waals surface area contributed by atoms with E-state index in [9.17, 15) is 0 Å². The second-order valence-corrected chi connectivity index (χ2v) is 14.1. The monoisotopic (exact) mass is 694 g/mol. The van der Waals surface area contributed by atoms with E-state index in [4.69, 9.17) is 19.5 Å². The minimum atomic E-state index is -0.630. The number of benzene rings is 6. The lowest BCUT2D eigenvalue weighted by atomic mass is 9.65. The van der Waals surface area contributed by atoms with Crippen molar-refractivity contribution in [1.29, 1.82) is 0 Å². The van der Waals surface area contributed by atoms with Crippen LogP contribution in [0.1, 0.15) is 60.1 Å². The van der Waals surface area contributed by atoms with E-state index in [0.717, 1.165) is 12.8 Å². The third-order valence-electron chi connectivity index (χ3n) is 11.7. The van der Waals surface area contributed by atoms with Crippen LogP contribution in [0, 0.1) is 5.41 Å². The smallest absolute Gasteiger partial charge is 0.199 e. The van der Waals surface area contributed by atoms with E-state index in [1.54, 1.807) is 0 Å². The zero-order valence-electron chi connectivity index (χ0n) is 30.5. The largest absolute Gasteiger partial charge is 0.478 e. The predicted molar refractivity (Wildman–Crippen MR) is 216 cm³/mol. The number of hydrogen-bond donors (Lipinski definition) is 0. The maximum atomic E-state index is 6.86. The Morgan fingerprint density at radius 3 is 0.830 bits per heavy atom. The van der Waals surface area contributed by atoms with Crippen molar-refractivity contribution in [3.63, 3.8) is 0 Å². The van der Waals surface area contributed by atoms with Crippen molar-refractivity contribution in [1.82, 2.24) is 0 Å². The molecule has 6 aromatic carbocycles. The van der Waals surface area contributed by atoms with Gasteiger partial charge >= 0.3 is 0 Å². The van der Waals surface area contributed by atoms with Crippen LogP contribution < -0.4 is 0 Å². The highest BCUT2D eigenvalue weighted by Crippen LogP contribution is 2.49. The molecule has 0 bridgehead atoms. The second-order valence-electron chi connectivity index (χ2n) is 14.1. The molecule has 0 amide bonds. The molecule has 0 spiro atoms. The first-order valence-corrected chi connectivity index (χ1v) is 18.9. The molecule has 53 heavy (non-hydrogen) atoms. The number of aliphatic imine (C=N–C) groups is 2. The highest BCUT2D eigenvalue weighted by atomic mass is 16.5. The van der Waals surface area contributed by atoms with Crippen molar-refractivity contribution in [2.75, 3.05) is 13.2 Å². The maximum absolute atomic E-state index is 6.86. The number of nitrogens with zero attached hydrogens (tertiary/aromatic N) is 2. The van der Waals surface area contributed by atoms with E-state index in [2.05, 4.69) is 196 Å². The van der Waals surface area contributed by atoms with Gasteiger partial charge in [0.25, 0.3) is 0 Å². The van der Waals surface area contributed by atoms with Gasteiger partial charge in [0.05, 0.1) is 10.8 Å². The van der Waals surface area contributed by atoms with Gasteiger partial charge in [0, 0.05) is 0 Å². The number of rotatable bonds is 12. The first-order valence-electron chi connectivity index (χ1n) is 18.9. The van der Waals surface area contributed by atoms with E-state index in [1.165, 1.54) is 33.4 Å². The van der Waals surface area contributed by atoms with Crippen LogP contribution in [0.15, 0.2) is 192 Å². The minimum Gasteiger partial charge on any atom is -0.478 e. The van der Waals surface area contributed by atoms with Crippen LogP contribution in [0.4, 0.5) is 0 Å². The van der Waals surface area contributed by atoms with Crippen LogP contribution in [0.25, 0.3) is 0 Å². The summed E-state index contributed by atoms with van der Waals surface area (Å²) >= 11 is 0. The van der Waals surface area contributed by atoms with Crippen LogP contribution in [0.3, 0.4) is 0 Å². The third-order valence-corrected chi connectivity index (χ3v) is 11.7. The van der Waals surface area contributed by atoms with Gasteiger partial charge in [0.15, 0.2) is 11.8 Å². The van der Waals surface area contributed by atoms with Gasteiger partial charge in [0.2, 0.25) is 0 Å². The van der Waals surface area contributed by atoms with E-state index in [1.807, 2.05) is 0 Å². The molecule has 0 aliphatic carbocycles.